The molecule has 0 spiro atoms. The SMILES string of the molecule is Cc1c([C@@H](C)Nc2nn(C)c(=O)c3cc(=O)n(N4CCOCC4)cc23)cccc1C(F)(F)F. The lowest BCUT2D eigenvalue weighted by Gasteiger charge is -2.30. The zero-order valence-electron chi connectivity index (χ0n) is 18.4. The lowest BCUT2D eigenvalue weighted by atomic mass is 9.97. The van der Waals surface area contributed by atoms with Gasteiger partial charge in [0.15, 0.2) is 5.82 Å². The number of nitrogens with one attached hydrogen (secondary N) is 1. The van der Waals surface area contributed by atoms with Crippen LogP contribution in [0.25, 0.3) is 10.8 Å². The quantitative estimate of drug-likeness (QED) is 0.641. The van der Waals surface area contributed by atoms with Gasteiger partial charge in [-0.25, -0.2) is 9.36 Å². The third-order valence-electron chi connectivity index (χ3n) is 5.86. The van der Waals surface area contributed by atoms with E-state index in [2.05, 4.69) is 10.4 Å². The van der Waals surface area contributed by atoms with Crippen LogP contribution in [0.3, 0.4) is 0 Å². The average Bonchev–Trinajstić information content (AvgIpc) is 2.77. The lowest BCUT2D eigenvalue weighted by Crippen LogP contribution is -2.48. The van der Waals surface area contributed by atoms with Crippen LogP contribution in [0.2, 0.25) is 0 Å². The number of alkyl halides is 3. The van der Waals surface area contributed by atoms with Gasteiger partial charge in [0.1, 0.15) is 0 Å². The highest BCUT2D eigenvalue weighted by Gasteiger charge is 2.33. The van der Waals surface area contributed by atoms with Crippen LogP contribution >= 0.6 is 0 Å². The van der Waals surface area contributed by atoms with Crippen molar-refractivity contribution in [3.8, 4) is 0 Å². The second-order valence-electron chi connectivity index (χ2n) is 8.01. The maximum absolute atomic E-state index is 13.4. The molecule has 1 atom stereocenters. The van der Waals surface area contributed by atoms with E-state index in [0.29, 0.717) is 43.1 Å². The van der Waals surface area contributed by atoms with Gasteiger partial charge in [-0.15, -0.1) is 0 Å². The molecule has 1 saturated heterocycles. The van der Waals surface area contributed by atoms with Crippen LogP contribution in [0.5, 0.6) is 0 Å². The topological polar surface area (TPSA) is 81.4 Å². The number of anilines is 1. The van der Waals surface area contributed by atoms with Gasteiger partial charge in [-0.1, -0.05) is 12.1 Å². The summed E-state index contributed by atoms with van der Waals surface area (Å²) in [6.45, 7) is 5.10. The molecule has 1 N–H and O–H groups in total. The molecule has 3 aromatic rings. The lowest BCUT2D eigenvalue weighted by molar-refractivity contribution is -0.138. The maximum atomic E-state index is 13.4. The summed E-state index contributed by atoms with van der Waals surface area (Å²) >= 11 is 0. The van der Waals surface area contributed by atoms with Gasteiger partial charge in [0.2, 0.25) is 0 Å². The van der Waals surface area contributed by atoms with Gasteiger partial charge in [0.05, 0.1) is 48.7 Å². The number of fused-ring (bicyclic) bond motifs is 1. The van der Waals surface area contributed by atoms with Gasteiger partial charge in [0.25, 0.3) is 11.1 Å². The number of halogens is 3. The normalized spacial score (nSPS) is 15.6. The van der Waals surface area contributed by atoms with E-state index in [0.717, 1.165) is 10.7 Å². The minimum absolute atomic E-state index is 0.115. The Balaban J connectivity index is 1.80. The van der Waals surface area contributed by atoms with Crippen LogP contribution in [0.1, 0.15) is 29.7 Å². The number of rotatable bonds is 4. The summed E-state index contributed by atoms with van der Waals surface area (Å²) in [6, 6.07) is 4.75. The molecule has 0 saturated carbocycles. The molecule has 1 fully saturated rings. The molecule has 0 radical (unpaired) electrons. The van der Waals surface area contributed by atoms with E-state index in [1.54, 1.807) is 19.2 Å². The molecule has 0 bridgehead atoms. The summed E-state index contributed by atoms with van der Waals surface area (Å²) in [7, 11) is 1.46. The molecule has 1 aliphatic heterocycles. The highest BCUT2D eigenvalue weighted by molar-refractivity contribution is 5.90. The summed E-state index contributed by atoms with van der Waals surface area (Å²) in [5, 5.41) is 9.83. The van der Waals surface area contributed by atoms with Crippen molar-refractivity contribution in [3.05, 3.63) is 67.9 Å². The Morgan fingerprint density at radius 1 is 1.15 bits per heavy atom. The summed E-state index contributed by atoms with van der Waals surface area (Å²) < 4.78 is 48.0. The Bertz CT molecular complexity index is 1310. The van der Waals surface area contributed by atoms with E-state index in [9.17, 15) is 22.8 Å². The fourth-order valence-electron chi connectivity index (χ4n) is 4.12. The standard InChI is InChI=1S/C22H24F3N5O3/c1-13-15(5-4-6-18(13)22(23,24)25)14(2)26-20-17-12-30(29-7-9-33-10-8-29)19(31)11-16(17)21(32)28(3)27-20/h4-6,11-12,14H,7-10H2,1-3H3,(H,26,27)/t14-/m1/s1. The van der Waals surface area contributed by atoms with Crippen molar-refractivity contribution in [1.29, 1.82) is 0 Å². The highest BCUT2D eigenvalue weighted by Crippen LogP contribution is 2.35. The van der Waals surface area contributed by atoms with E-state index < -0.39 is 23.3 Å². The molecular formula is C22H24F3N5O3. The zero-order valence-corrected chi connectivity index (χ0v) is 18.4. The molecule has 1 aliphatic rings. The Hall–Kier alpha value is -3.34. The first-order chi connectivity index (χ1) is 15.6. The molecule has 0 amide bonds. The molecule has 33 heavy (non-hydrogen) atoms. The van der Waals surface area contributed by atoms with Crippen molar-refractivity contribution in [2.45, 2.75) is 26.1 Å². The fraction of sp³-hybridized carbons (Fsp3) is 0.409. The molecular weight excluding hydrogens is 439 g/mol. The molecule has 8 nitrogen and oxygen atoms in total. The monoisotopic (exact) mass is 463 g/mol. The summed E-state index contributed by atoms with van der Waals surface area (Å²) in [5.74, 6) is 0.290. The molecule has 0 unspecified atom stereocenters. The first-order valence-corrected chi connectivity index (χ1v) is 10.5. The minimum Gasteiger partial charge on any atom is -0.378 e. The van der Waals surface area contributed by atoms with E-state index in [4.69, 9.17) is 4.74 Å². The first kappa shape index (κ1) is 22.8. The maximum Gasteiger partial charge on any atom is 0.416 e. The molecule has 11 heteroatoms. The van der Waals surface area contributed by atoms with E-state index in [1.165, 1.54) is 30.8 Å². The minimum atomic E-state index is -4.46. The Morgan fingerprint density at radius 3 is 2.52 bits per heavy atom. The van der Waals surface area contributed by atoms with Crippen LogP contribution in [0.4, 0.5) is 19.0 Å². The van der Waals surface area contributed by atoms with Crippen molar-refractivity contribution in [3.63, 3.8) is 0 Å². The predicted molar refractivity (Wildman–Crippen MR) is 118 cm³/mol. The van der Waals surface area contributed by atoms with Gasteiger partial charge >= 0.3 is 6.18 Å². The molecule has 4 rings (SSSR count). The van der Waals surface area contributed by atoms with Crippen molar-refractivity contribution >= 4 is 16.6 Å². The number of pyridine rings is 1. The number of aromatic nitrogens is 3. The van der Waals surface area contributed by atoms with Crippen molar-refractivity contribution in [2.75, 3.05) is 36.6 Å². The van der Waals surface area contributed by atoms with Crippen LogP contribution in [-0.4, -0.2) is 40.8 Å². The smallest absolute Gasteiger partial charge is 0.378 e. The molecule has 3 heterocycles. The van der Waals surface area contributed by atoms with Crippen LogP contribution in [0.15, 0.2) is 40.1 Å². The highest BCUT2D eigenvalue weighted by atomic mass is 19.4. The summed E-state index contributed by atoms with van der Waals surface area (Å²) in [6.07, 6.45) is -2.92. The molecule has 0 aliphatic carbocycles. The number of morpholine rings is 1. The predicted octanol–water partition coefficient (Wildman–Crippen LogP) is 2.56. The number of aryl methyl sites for hydroxylation is 1. The van der Waals surface area contributed by atoms with Gasteiger partial charge < -0.3 is 15.1 Å². The van der Waals surface area contributed by atoms with Crippen molar-refractivity contribution < 1.29 is 17.9 Å². The summed E-state index contributed by atoms with van der Waals surface area (Å²) in [5.41, 5.74) is -0.933. The van der Waals surface area contributed by atoms with Gasteiger partial charge in [0, 0.05) is 19.3 Å². The molecule has 176 valence electrons. The second-order valence-corrected chi connectivity index (χ2v) is 8.01. The van der Waals surface area contributed by atoms with E-state index in [1.807, 2.05) is 5.01 Å². The zero-order chi connectivity index (χ0) is 23.9. The molecule has 1 aromatic carbocycles. The molecule has 2 aromatic heterocycles. The number of benzene rings is 1. The summed E-state index contributed by atoms with van der Waals surface area (Å²) in [4.78, 5) is 25.4. The third kappa shape index (κ3) is 4.32. The van der Waals surface area contributed by atoms with E-state index in [-0.39, 0.29) is 16.5 Å². The Morgan fingerprint density at radius 2 is 1.85 bits per heavy atom. The number of hydrogen-bond acceptors (Lipinski definition) is 6. The third-order valence-corrected chi connectivity index (χ3v) is 5.86. The number of ether oxygens (including phenoxy) is 1. The Kier molecular flexibility index (Phi) is 5.91. The number of nitrogens with zero attached hydrogens (tertiary/aromatic N) is 4. The second kappa shape index (κ2) is 8.54. The first-order valence-electron chi connectivity index (χ1n) is 10.5. The largest absolute Gasteiger partial charge is 0.416 e. The average molecular weight is 463 g/mol. The van der Waals surface area contributed by atoms with Crippen LogP contribution in [0, 0.1) is 6.92 Å². The Labute approximate surface area is 187 Å². The number of hydrogen-bond donors (Lipinski definition) is 1. The van der Waals surface area contributed by atoms with Crippen LogP contribution in [-0.2, 0) is 18.0 Å². The van der Waals surface area contributed by atoms with Gasteiger partial charge in [-0.05, 0) is 31.0 Å². The van der Waals surface area contributed by atoms with Gasteiger partial charge in [-0.3, -0.25) is 9.59 Å². The van der Waals surface area contributed by atoms with Crippen LogP contribution < -0.4 is 21.4 Å². The fourth-order valence-corrected chi connectivity index (χ4v) is 4.12. The van der Waals surface area contributed by atoms with E-state index >= 15 is 0 Å². The van der Waals surface area contributed by atoms with Crippen molar-refractivity contribution in [1.82, 2.24) is 14.5 Å². The van der Waals surface area contributed by atoms with Crippen molar-refractivity contribution in [2.24, 2.45) is 7.05 Å². The van der Waals surface area contributed by atoms with Gasteiger partial charge in [-0.2, -0.15) is 18.3 Å².